The van der Waals surface area contributed by atoms with E-state index >= 15 is 0 Å². The third-order valence-corrected chi connectivity index (χ3v) is 12.1. The summed E-state index contributed by atoms with van der Waals surface area (Å²) in [5.41, 5.74) is 8.59. The van der Waals surface area contributed by atoms with Gasteiger partial charge in [0.2, 0.25) is 12.4 Å². The average Bonchev–Trinajstić information content (AvgIpc) is 2.99. The Balaban J connectivity index is 2.50. The van der Waals surface area contributed by atoms with Crippen LogP contribution >= 0.6 is 0 Å². The number of rotatable bonds is 17. The molecule has 0 spiro atoms. The van der Waals surface area contributed by atoms with E-state index in [1.807, 2.05) is 33.9 Å². The lowest BCUT2D eigenvalue weighted by molar-refractivity contribution is -0.288. The predicted octanol–water partition coefficient (Wildman–Crippen LogP) is 3.98. The molecule has 5 atom stereocenters. The molecule has 2 rings (SSSR count). The zero-order chi connectivity index (χ0) is 37.6. The first-order valence-corrected chi connectivity index (χ1v) is 18.9. The van der Waals surface area contributed by atoms with Crippen LogP contribution in [0, 0.1) is 0 Å². The maximum atomic E-state index is 13.1. The predicted molar refractivity (Wildman–Crippen MR) is 179 cm³/mol. The van der Waals surface area contributed by atoms with Crippen LogP contribution in [0.25, 0.3) is 10.4 Å². The van der Waals surface area contributed by atoms with E-state index in [-0.39, 0.29) is 35.3 Å². The first kappa shape index (κ1) is 41.8. The van der Waals surface area contributed by atoms with Gasteiger partial charge in [0.15, 0.2) is 18.0 Å². The molecule has 0 unspecified atom stereocenters. The van der Waals surface area contributed by atoms with E-state index in [9.17, 15) is 24.0 Å². The van der Waals surface area contributed by atoms with Crippen molar-refractivity contribution in [2.24, 2.45) is 5.11 Å². The monoisotopic (exact) mass is 724 g/mol. The molecular weight excluding hydrogens is 676 g/mol. The van der Waals surface area contributed by atoms with Gasteiger partial charge in [0, 0.05) is 57.9 Å². The van der Waals surface area contributed by atoms with Gasteiger partial charge in [-0.2, -0.15) is 0 Å². The van der Waals surface area contributed by atoms with Crippen molar-refractivity contribution < 1.29 is 61.6 Å². The summed E-state index contributed by atoms with van der Waals surface area (Å²) in [7, 11) is -2.57. The van der Waals surface area contributed by atoms with Crippen molar-refractivity contribution >= 4 is 38.1 Å². The van der Waals surface area contributed by atoms with Crippen LogP contribution in [0.2, 0.25) is 18.1 Å². The van der Waals surface area contributed by atoms with Crippen LogP contribution in [-0.2, 0) is 47.6 Å². The van der Waals surface area contributed by atoms with Crippen molar-refractivity contribution in [1.29, 1.82) is 0 Å². The fourth-order valence-electron chi connectivity index (χ4n) is 4.39. The Hall–Kier alpha value is -4.38. The highest BCUT2D eigenvalue weighted by atomic mass is 28.4. The fourth-order valence-corrected chi connectivity index (χ4v) is 5.40. The van der Waals surface area contributed by atoms with Gasteiger partial charge in [-0.25, -0.2) is 0 Å². The van der Waals surface area contributed by atoms with Crippen molar-refractivity contribution in [3.05, 3.63) is 34.2 Å². The summed E-state index contributed by atoms with van der Waals surface area (Å²) < 4.78 is 46.1. The first-order chi connectivity index (χ1) is 23.4. The van der Waals surface area contributed by atoms with E-state index < -0.39 is 75.4 Å². The van der Waals surface area contributed by atoms with Gasteiger partial charge in [-0.1, -0.05) is 25.9 Å². The van der Waals surface area contributed by atoms with Gasteiger partial charge in [0.1, 0.15) is 18.5 Å². The van der Waals surface area contributed by atoms with E-state index in [4.69, 9.17) is 43.1 Å². The lowest BCUT2D eigenvalue weighted by atomic mass is 9.98. The Kier molecular flexibility index (Phi) is 16.0. The van der Waals surface area contributed by atoms with Crippen molar-refractivity contribution in [3.63, 3.8) is 0 Å². The van der Waals surface area contributed by atoms with Crippen LogP contribution in [-0.4, -0.2) is 102 Å². The van der Waals surface area contributed by atoms with Gasteiger partial charge in [-0.05, 0) is 48.3 Å². The molecular formula is C32H48N4O13Si. The third kappa shape index (κ3) is 13.1. The highest BCUT2D eigenvalue weighted by molar-refractivity contribution is 6.74. The number of nitrogens with one attached hydrogen (secondary N) is 1. The topological polar surface area (TPSA) is 220 Å². The van der Waals surface area contributed by atoms with Crippen molar-refractivity contribution in [2.45, 2.75) is 104 Å². The van der Waals surface area contributed by atoms with Crippen molar-refractivity contribution in [2.75, 3.05) is 32.9 Å². The standard InChI is InChI=1S/C32H48N4O13Si/c1-19(37)43-18-26-27(44-20(2)38)28(45-21(3)39)29(46-22(4)40)31(48-26)47-24-12-11-23(17-25(24)49-50(8,9)32(5,6)7)30(41)34-14-16-42-15-10-13-35-36-33/h11-12,17,26-29,31H,10,13-16,18H2,1-9H3,(H,34,41)/t26-,27+,28+,29-,31-/m1/s1. The summed E-state index contributed by atoms with van der Waals surface area (Å²) in [6.45, 7) is 15.3. The van der Waals surface area contributed by atoms with Crippen LogP contribution in [0.4, 0.5) is 0 Å². The largest absolute Gasteiger partial charge is 0.541 e. The summed E-state index contributed by atoms with van der Waals surface area (Å²) >= 11 is 0. The molecule has 50 heavy (non-hydrogen) atoms. The minimum atomic E-state index is -2.57. The molecule has 1 aromatic rings. The Morgan fingerprint density at radius 1 is 0.900 bits per heavy atom. The maximum Gasteiger partial charge on any atom is 0.303 e. The van der Waals surface area contributed by atoms with Gasteiger partial charge >= 0.3 is 23.9 Å². The zero-order valence-corrected chi connectivity index (χ0v) is 31.0. The number of hydrogen-bond donors (Lipinski definition) is 1. The fraction of sp³-hybridized carbons (Fsp3) is 0.656. The number of amides is 1. The van der Waals surface area contributed by atoms with Crippen molar-refractivity contribution in [3.8, 4) is 11.5 Å². The molecule has 1 fully saturated rings. The molecule has 1 heterocycles. The molecule has 1 amide bonds. The second-order valence-corrected chi connectivity index (χ2v) is 17.6. The molecule has 0 aromatic heterocycles. The van der Waals surface area contributed by atoms with Gasteiger partial charge in [-0.3, -0.25) is 24.0 Å². The third-order valence-electron chi connectivity index (χ3n) is 7.71. The van der Waals surface area contributed by atoms with Crippen molar-refractivity contribution in [1.82, 2.24) is 5.32 Å². The molecule has 1 aliphatic rings. The average molecular weight is 725 g/mol. The number of carbonyl (C=O) groups excluding carboxylic acids is 5. The lowest BCUT2D eigenvalue weighted by Crippen LogP contribution is -2.63. The molecule has 0 saturated carbocycles. The van der Waals surface area contributed by atoms with Gasteiger partial charge in [-0.15, -0.1) is 0 Å². The molecule has 0 radical (unpaired) electrons. The lowest BCUT2D eigenvalue weighted by Gasteiger charge is -2.44. The summed E-state index contributed by atoms with van der Waals surface area (Å²) in [6.07, 6.45) is -6.44. The van der Waals surface area contributed by atoms with Gasteiger partial charge in [0.05, 0.1) is 6.61 Å². The van der Waals surface area contributed by atoms with Gasteiger partial charge in [0.25, 0.3) is 14.2 Å². The number of azide groups is 1. The SMILES string of the molecule is CC(=O)OC[C@H]1O[C@@H](Oc2ccc(C(=O)NCCOCCCN=[N+]=[N-])cc2O[Si](C)(C)C(C)(C)C)[C@H](OC(C)=O)[C@@H](OC(C)=O)[C@H]1OC(C)=O. The molecule has 0 bridgehead atoms. The molecule has 0 aliphatic carbocycles. The second kappa shape index (κ2) is 19.1. The Morgan fingerprint density at radius 3 is 2.10 bits per heavy atom. The molecule has 1 N–H and O–H groups in total. The summed E-state index contributed by atoms with van der Waals surface area (Å²) in [5, 5.41) is 5.95. The highest BCUT2D eigenvalue weighted by Gasteiger charge is 2.53. The normalized spacial score (nSPS) is 20.4. The maximum absolute atomic E-state index is 13.1. The number of carbonyl (C=O) groups is 5. The summed E-state index contributed by atoms with van der Waals surface area (Å²) in [6, 6.07) is 4.49. The minimum Gasteiger partial charge on any atom is -0.541 e. The quantitative estimate of drug-likeness (QED) is 0.0458. The number of hydrogen-bond acceptors (Lipinski definition) is 14. The summed E-state index contributed by atoms with van der Waals surface area (Å²) in [4.78, 5) is 64.1. The van der Waals surface area contributed by atoms with Crippen LogP contribution in [0.15, 0.2) is 23.3 Å². The second-order valence-electron chi connectivity index (χ2n) is 12.9. The van der Waals surface area contributed by atoms with Crippen LogP contribution in [0.1, 0.15) is 65.2 Å². The van der Waals surface area contributed by atoms with Crippen LogP contribution in [0.3, 0.4) is 0 Å². The molecule has 17 nitrogen and oxygen atoms in total. The van der Waals surface area contributed by atoms with Gasteiger partial charge < -0.3 is 42.9 Å². The molecule has 1 aliphatic heterocycles. The highest BCUT2D eigenvalue weighted by Crippen LogP contribution is 2.41. The van der Waals surface area contributed by atoms with Crippen LogP contribution in [0.5, 0.6) is 11.5 Å². The molecule has 1 saturated heterocycles. The minimum absolute atomic E-state index is 0.0932. The van der Waals surface area contributed by atoms with E-state index in [2.05, 4.69) is 15.3 Å². The van der Waals surface area contributed by atoms with E-state index in [1.165, 1.54) is 25.1 Å². The number of nitrogens with zero attached hydrogens (tertiary/aromatic N) is 3. The number of benzene rings is 1. The molecule has 1 aromatic carbocycles. The Morgan fingerprint density at radius 2 is 1.52 bits per heavy atom. The Labute approximate surface area is 292 Å². The van der Waals surface area contributed by atoms with E-state index in [0.29, 0.717) is 19.6 Å². The number of esters is 4. The van der Waals surface area contributed by atoms with E-state index in [1.54, 1.807) is 0 Å². The molecule has 278 valence electrons. The molecule has 18 heteroatoms. The van der Waals surface area contributed by atoms with Crippen LogP contribution < -0.4 is 14.5 Å². The summed E-state index contributed by atoms with van der Waals surface area (Å²) in [5.74, 6) is -3.13. The number of ether oxygens (including phenoxy) is 7. The first-order valence-electron chi connectivity index (χ1n) is 16.0. The zero-order valence-electron chi connectivity index (χ0n) is 30.0. The Bertz CT molecular complexity index is 1410. The van der Waals surface area contributed by atoms with E-state index in [0.717, 1.165) is 20.8 Å². The smallest absolute Gasteiger partial charge is 0.303 e.